The van der Waals surface area contributed by atoms with Crippen molar-refractivity contribution < 1.29 is 43.6 Å². The Kier molecular flexibility index (Phi) is 14.4. The normalized spacial score (nSPS) is 13.2. The van der Waals surface area contributed by atoms with Gasteiger partial charge in [-0.25, -0.2) is 9.59 Å². The maximum Gasteiger partial charge on any atom is 0.408 e. The van der Waals surface area contributed by atoms with Crippen LogP contribution >= 0.6 is 0 Å². The van der Waals surface area contributed by atoms with Gasteiger partial charge in [0.05, 0.1) is 22.5 Å². The number of carbonyl (C=O) groups is 4. The molecule has 17 nitrogen and oxygen atoms in total. The van der Waals surface area contributed by atoms with Crippen LogP contribution in [0.3, 0.4) is 0 Å². The molecule has 268 valence electrons. The largest absolute Gasteiger partial charge is 0.444 e. The highest BCUT2D eigenvalue weighted by molar-refractivity contribution is 5.87. The maximum atomic E-state index is 13.3. The molecule has 0 aromatic heterocycles. The van der Waals surface area contributed by atoms with Gasteiger partial charge in [-0.1, -0.05) is 24.3 Å². The van der Waals surface area contributed by atoms with Crippen LogP contribution < -0.4 is 21.3 Å². The number of nitro benzene ring substituents is 2. The molecule has 0 spiro atoms. The zero-order valence-corrected chi connectivity index (χ0v) is 28.3. The predicted molar refractivity (Wildman–Crippen MR) is 177 cm³/mol. The number of nitro groups is 2. The quantitative estimate of drug-likeness (QED) is 0.134. The van der Waals surface area contributed by atoms with Crippen molar-refractivity contribution in [3.63, 3.8) is 0 Å². The fourth-order valence-corrected chi connectivity index (χ4v) is 4.30. The Hall–Kier alpha value is -5.32. The molecule has 0 aliphatic heterocycles. The monoisotopic (exact) mass is 688 g/mol. The molecule has 0 saturated heterocycles. The number of amides is 4. The van der Waals surface area contributed by atoms with Crippen molar-refractivity contribution in [3.8, 4) is 0 Å². The summed E-state index contributed by atoms with van der Waals surface area (Å²) < 4.78 is 10.6. The van der Waals surface area contributed by atoms with Gasteiger partial charge in [0, 0.05) is 43.7 Å². The highest BCUT2D eigenvalue weighted by Gasteiger charge is 2.28. The van der Waals surface area contributed by atoms with Gasteiger partial charge >= 0.3 is 12.2 Å². The molecule has 5 N–H and O–H groups in total. The van der Waals surface area contributed by atoms with Crippen LogP contribution in [-0.2, 0) is 31.9 Å². The van der Waals surface area contributed by atoms with Crippen LogP contribution in [0.4, 0.5) is 21.0 Å². The second kappa shape index (κ2) is 17.7. The molecule has 2 rings (SSSR count). The summed E-state index contributed by atoms with van der Waals surface area (Å²) in [6.07, 6.45) is -1.77. The molecule has 0 aliphatic rings. The minimum Gasteiger partial charge on any atom is -0.444 e. The van der Waals surface area contributed by atoms with Gasteiger partial charge in [-0.05, 0) is 59.1 Å². The van der Waals surface area contributed by atoms with E-state index in [2.05, 4.69) is 21.3 Å². The molecular weight excluding hydrogens is 644 g/mol. The molecular formula is C32H44N6O11. The second-order valence-corrected chi connectivity index (χ2v) is 13.1. The number of alkyl carbamates (subject to hydrolysis) is 2. The number of ether oxygens (including phenoxy) is 2. The Balaban J connectivity index is 2.11. The van der Waals surface area contributed by atoms with E-state index in [-0.39, 0.29) is 37.2 Å². The third-order valence-corrected chi connectivity index (χ3v) is 6.55. The number of nitrogens with zero attached hydrogens (tertiary/aromatic N) is 2. The lowest BCUT2D eigenvalue weighted by atomic mass is 10.0. The van der Waals surface area contributed by atoms with Crippen molar-refractivity contribution in [2.24, 2.45) is 0 Å². The van der Waals surface area contributed by atoms with Gasteiger partial charge in [0.25, 0.3) is 11.4 Å². The predicted octanol–water partition coefficient (Wildman–Crippen LogP) is 3.06. The van der Waals surface area contributed by atoms with E-state index in [9.17, 15) is 44.5 Å². The van der Waals surface area contributed by atoms with Crippen LogP contribution in [0.25, 0.3) is 0 Å². The number of rotatable bonds is 15. The van der Waals surface area contributed by atoms with Crippen molar-refractivity contribution in [2.75, 3.05) is 13.2 Å². The third kappa shape index (κ3) is 15.0. The Morgan fingerprint density at radius 1 is 0.694 bits per heavy atom. The lowest BCUT2D eigenvalue weighted by Gasteiger charge is -2.25. The van der Waals surface area contributed by atoms with Gasteiger partial charge in [0.15, 0.2) is 0 Å². The first-order chi connectivity index (χ1) is 22.8. The minimum atomic E-state index is -1.19. The Morgan fingerprint density at radius 3 is 1.43 bits per heavy atom. The van der Waals surface area contributed by atoms with Crippen LogP contribution in [0.15, 0.2) is 48.5 Å². The first-order valence-corrected chi connectivity index (χ1v) is 15.4. The molecule has 4 amide bonds. The number of carbonyl (C=O) groups excluding carboxylic acids is 4. The van der Waals surface area contributed by atoms with E-state index in [1.807, 2.05) is 0 Å². The molecule has 2 aromatic rings. The topological polar surface area (TPSA) is 241 Å². The summed E-state index contributed by atoms with van der Waals surface area (Å²) >= 11 is 0. The summed E-state index contributed by atoms with van der Waals surface area (Å²) in [4.78, 5) is 72.4. The van der Waals surface area contributed by atoms with Crippen molar-refractivity contribution in [1.82, 2.24) is 21.3 Å². The van der Waals surface area contributed by atoms with E-state index in [4.69, 9.17) is 9.47 Å². The van der Waals surface area contributed by atoms with Crippen molar-refractivity contribution in [2.45, 2.75) is 90.1 Å². The molecule has 0 heterocycles. The second-order valence-electron chi connectivity index (χ2n) is 13.1. The average Bonchev–Trinajstić information content (AvgIpc) is 2.98. The molecule has 0 saturated carbocycles. The highest BCUT2D eigenvalue weighted by atomic mass is 16.6. The van der Waals surface area contributed by atoms with Gasteiger partial charge in [0.2, 0.25) is 11.8 Å². The van der Waals surface area contributed by atoms with E-state index >= 15 is 0 Å². The van der Waals surface area contributed by atoms with E-state index in [0.29, 0.717) is 11.1 Å². The van der Waals surface area contributed by atoms with Crippen molar-refractivity contribution >= 4 is 35.4 Å². The summed E-state index contributed by atoms with van der Waals surface area (Å²) in [5.74, 6) is -1.30. The van der Waals surface area contributed by atoms with E-state index < -0.39 is 69.8 Å². The van der Waals surface area contributed by atoms with Gasteiger partial charge in [-0.2, -0.15) is 0 Å². The van der Waals surface area contributed by atoms with Gasteiger partial charge in [-0.15, -0.1) is 0 Å². The number of hydrogen-bond acceptors (Lipinski definition) is 11. The average molecular weight is 689 g/mol. The number of hydrogen-bond donors (Lipinski definition) is 5. The van der Waals surface area contributed by atoms with Crippen molar-refractivity contribution in [1.29, 1.82) is 0 Å². The Morgan fingerprint density at radius 2 is 1.08 bits per heavy atom. The van der Waals surface area contributed by atoms with Crippen molar-refractivity contribution in [3.05, 3.63) is 79.9 Å². The standard InChI is InChI=1S/C32H44N6O11/c1-31(2,3)48-29(42)35-25(17-20-7-11-23(12-8-20)37(44)45)27(40)33-16-15-22(19-39)34-28(41)26(36-30(43)49-32(4,5)6)18-21-9-13-24(14-10-21)38(46)47/h7-14,22,25-26,39H,15-19H2,1-6H3,(H,33,40)(H,34,41)(H,35,42)(H,36,43). The Labute approximate surface area is 283 Å². The SMILES string of the molecule is CC(C)(C)OC(=O)NC(Cc1ccc([N+](=O)[O-])cc1)C(=O)NCCC(CO)NC(=O)C(Cc1ccc([N+](=O)[O-])cc1)NC(=O)OC(C)(C)C. The van der Waals surface area contributed by atoms with Gasteiger partial charge < -0.3 is 35.8 Å². The zero-order valence-electron chi connectivity index (χ0n) is 28.3. The van der Waals surface area contributed by atoms with Crippen LogP contribution in [-0.4, -0.2) is 81.4 Å². The summed E-state index contributed by atoms with van der Waals surface area (Å²) in [7, 11) is 0. The molecule has 0 aliphatic carbocycles. The van der Waals surface area contributed by atoms with Crippen LogP contribution in [0.1, 0.15) is 59.1 Å². The fourth-order valence-electron chi connectivity index (χ4n) is 4.30. The van der Waals surface area contributed by atoms with E-state index in [0.717, 1.165) is 0 Å². The lowest BCUT2D eigenvalue weighted by Crippen LogP contribution is -2.53. The first kappa shape index (κ1) is 39.9. The summed E-state index contributed by atoms with van der Waals surface area (Å²) in [5.41, 5.74) is -0.967. The number of aliphatic hydroxyl groups excluding tert-OH is 1. The number of nitrogens with one attached hydrogen (secondary N) is 4. The molecule has 0 fully saturated rings. The molecule has 0 bridgehead atoms. The molecule has 3 unspecified atom stereocenters. The van der Waals surface area contributed by atoms with Crippen LogP contribution in [0.2, 0.25) is 0 Å². The number of aliphatic hydroxyl groups is 1. The molecule has 49 heavy (non-hydrogen) atoms. The summed E-state index contributed by atoms with van der Waals surface area (Å²) in [6.45, 7) is 9.32. The molecule has 2 aromatic carbocycles. The smallest absolute Gasteiger partial charge is 0.408 e. The highest BCUT2D eigenvalue weighted by Crippen LogP contribution is 2.16. The summed E-state index contributed by atoms with van der Waals surface area (Å²) in [6, 6.07) is 7.71. The van der Waals surface area contributed by atoms with Gasteiger partial charge in [-0.3, -0.25) is 29.8 Å². The summed E-state index contributed by atoms with van der Waals surface area (Å²) in [5, 5.41) is 42.3. The van der Waals surface area contributed by atoms with Crippen LogP contribution in [0.5, 0.6) is 0 Å². The maximum absolute atomic E-state index is 13.3. The van der Waals surface area contributed by atoms with Gasteiger partial charge in [0.1, 0.15) is 23.3 Å². The van der Waals surface area contributed by atoms with E-state index in [1.54, 1.807) is 41.5 Å². The molecule has 0 radical (unpaired) electrons. The fraction of sp³-hybridized carbons (Fsp3) is 0.500. The van der Waals surface area contributed by atoms with E-state index in [1.165, 1.54) is 48.5 Å². The first-order valence-electron chi connectivity index (χ1n) is 15.4. The van der Waals surface area contributed by atoms with Crippen LogP contribution in [0, 0.1) is 20.2 Å². The Bertz CT molecular complexity index is 1470. The lowest BCUT2D eigenvalue weighted by molar-refractivity contribution is -0.385. The molecule has 3 atom stereocenters. The number of benzene rings is 2. The zero-order chi connectivity index (χ0) is 36.9. The number of non-ortho nitro benzene ring substituents is 2. The minimum absolute atomic E-state index is 0.0239. The third-order valence-electron chi connectivity index (χ3n) is 6.55. The molecule has 17 heteroatoms.